The molecule has 1 saturated carbocycles. The van der Waals surface area contributed by atoms with Crippen LogP contribution in [-0.2, 0) is 12.0 Å². The normalized spacial score (nSPS) is 16.9. The predicted molar refractivity (Wildman–Crippen MR) is 103 cm³/mol. The number of amides is 1. The van der Waals surface area contributed by atoms with Gasteiger partial charge in [0.15, 0.2) is 5.82 Å². The third-order valence-electron chi connectivity index (χ3n) is 5.01. The number of benzene rings is 1. The molecule has 2 aromatic heterocycles. The Morgan fingerprint density at radius 1 is 1.22 bits per heavy atom. The molecule has 0 saturated heterocycles. The van der Waals surface area contributed by atoms with E-state index in [4.69, 9.17) is 10.3 Å². The standard InChI is InChI=1S/C20H22N4O2S/c21-20(10-4-5-11-20)19-23-18(26-24-19)15(13-14-7-2-1-3-8-14)22-17(25)16-9-6-12-27-16/h1-3,6-9,12,15H,4-5,10-11,13,21H2,(H,22,25). The predicted octanol–water partition coefficient (Wildman–Crippen LogP) is 3.57. The number of aromatic nitrogens is 2. The molecule has 27 heavy (non-hydrogen) atoms. The highest BCUT2D eigenvalue weighted by atomic mass is 32.1. The molecule has 1 atom stereocenters. The van der Waals surface area contributed by atoms with Gasteiger partial charge in [-0.1, -0.05) is 54.4 Å². The molecule has 0 aliphatic heterocycles. The second-order valence-electron chi connectivity index (χ2n) is 7.01. The summed E-state index contributed by atoms with van der Waals surface area (Å²) in [4.78, 5) is 17.8. The Hall–Kier alpha value is -2.51. The van der Waals surface area contributed by atoms with Gasteiger partial charge < -0.3 is 15.6 Å². The summed E-state index contributed by atoms with van der Waals surface area (Å²) in [6, 6.07) is 13.2. The number of hydrogen-bond acceptors (Lipinski definition) is 6. The zero-order valence-electron chi connectivity index (χ0n) is 14.9. The van der Waals surface area contributed by atoms with Crippen molar-refractivity contribution in [3.8, 4) is 0 Å². The first-order chi connectivity index (χ1) is 13.1. The lowest BCUT2D eigenvalue weighted by molar-refractivity contribution is 0.0932. The van der Waals surface area contributed by atoms with Crippen LogP contribution in [0.5, 0.6) is 0 Å². The highest BCUT2D eigenvalue weighted by Gasteiger charge is 2.37. The summed E-state index contributed by atoms with van der Waals surface area (Å²) in [6.07, 6.45) is 4.43. The summed E-state index contributed by atoms with van der Waals surface area (Å²) < 4.78 is 5.54. The topological polar surface area (TPSA) is 94.0 Å². The zero-order chi connectivity index (χ0) is 18.7. The van der Waals surface area contributed by atoms with Crippen LogP contribution in [0, 0.1) is 0 Å². The van der Waals surface area contributed by atoms with Crippen LogP contribution in [0.3, 0.4) is 0 Å². The Labute approximate surface area is 161 Å². The third kappa shape index (κ3) is 3.94. The fourth-order valence-electron chi connectivity index (χ4n) is 3.50. The van der Waals surface area contributed by atoms with Crippen molar-refractivity contribution in [2.45, 2.75) is 43.7 Å². The molecule has 1 aliphatic rings. The van der Waals surface area contributed by atoms with Gasteiger partial charge in [0.2, 0.25) is 5.89 Å². The summed E-state index contributed by atoms with van der Waals surface area (Å²) in [5, 5.41) is 9.06. The highest BCUT2D eigenvalue weighted by molar-refractivity contribution is 7.12. The van der Waals surface area contributed by atoms with Gasteiger partial charge in [0.05, 0.1) is 10.4 Å². The van der Waals surface area contributed by atoms with E-state index in [-0.39, 0.29) is 5.91 Å². The number of hydrogen-bond donors (Lipinski definition) is 2. The maximum Gasteiger partial charge on any atom is 0.262 e. The van der Waals surface area contributed by atoms with Gasteiger partial charge in [0, 0.05) is 6.42 Å². The van der Waals surface area contributed by atoms with E-state index in [1.807, 2.05) is 41.8 Å². The Morgan fingerprint density at radius 2 is 2.00 bits per heavy atom. The van der Waals surface area contributed by atoms with E-state index in [2.05, 4.69) is 15.5 Å². The summed E-state index contributed by atoms with van der Waals surface area (Å²) in [5.41, 5.74) is 7.02. The first-order valence-electron chi connectivity index (χ1n) is 9.15. The molecule has 1 aromatic carbocycles. The van der Waals surface area contributed by atoms with Crippen LogP contribution < -0.4 is 11.1 Å². The number of rotatable bonds is 6. The van der Waals surface area contributed by atoms with E-state index >= 15 is 0 Å². The molecule has 1 amide bonds. The van der Waals surface area contributed by atoms with Gasteiger partial charge in [-0.15, -0.1) is 11.3 Å². The van der Waals surface area contributed by atoms with Gasteiger partial charge in [0.1, 0.15) is 6.04 Å². The van der Waals surface area contributed by atoms with Crippen molar-refractivity contribution in [3.63, 3.8) is 0 Å². The van der Waals surface area contributed by atoms with Crippen molar-refractivity contribution in [1.29, 1.82) is 0 Å². The van der Waals surface area contributed by atoms with E-state index in [1.165, 1.54) is 11.3 Å². The molecule has 6 nitrogen and oxygen atoms in total. The molecule has 4 rings (SSSR count). The lowest BCUT2D eigenvalue weighted by atomic mass is 9.98. The van der Waals surface area contributed by atoms with Gasteiger partial charge >= 0.3 is 0 Å². The second kappa shape index (κ2) is 7.62. The SMILES string of the molecule is NC1(c2noc(C(Cc3ccccc3)NC(=O)c3cccs3)n2)CCCC1. The number of carbonyl (C=O) groups excluding carboxylic acids is 1. The van der Waals surface area contributed by atoms with Gasteiger partial charge in [-0.2, -0.15) is 4.98 Å². The second-order valence-corrected chi connectivity index (χ2v) is 7.96. The molecular weight excluding hydrogens is 360 g/mol. The van der Waals surface area contributed by atoms with E-state index in [0.717, 1.165) is 31.2 Å². The molecule has 3 N–H and O–H groups in total. The van der Waals surface area contributed by atoms with Crippen molar-refractivity contribution >= 4 is 17.2 Å². The number of nitrogens with zero attached hydrogens (tertiary/aromatic N) is 2. The van der Waals surface area contributed by atoms with Crippen molar-refractivity contribution in [3.05, 3.63) is 70.0 Å². The van der Waals surface area contributed by atoms with Crippen LogP contribution in [0.4, 0.5) is 0 Å². The lowest BCUT2D eigenvalue weighted by Crippen LogP contribution is -2.34. The minimum absolute atomic E-state index is 0.144. The summed E-state index contributed by atoms with van der Waals surface area (Å²) in [5.74, 6) is 0.794. The van der Waals surface area contributed by atoms with Crippen molar-refractivity contribution in [2.24, 2.45) is 5.73 Å². The van der Waals surface area contributed by atoms with Crippen LogP contribution in [0.1, 0.15) is 58.7 Å². The quantitative estimate of drug-likeness (QED) is 0.680. The first-order valence-corrected chi connectivity index (χ1v) is 10.0. The van der Waals surface area contributed by atoms with Crippen molar-refractivity contribution in [1.82, 2.24) is 15.5 Å². The van der Waals surface area contributed by atoms with E-state index < -0.39 is 11.6 Å². The number of nitrogens with one attached hydrogen (secondary N) is 1. The molecule has 7 heteroatoms. The van der Waals surface area contributed by atoms with Crippen LogP contribution in [0.2, 0.25) is 0 Å². The van der Waals surface area contributed by atoms with Crippen LogP contribution in [0.15, 0.2) is 52.4 Å². The average Bonchev–Trinajstić information content (AvgIpc) is 3.43. The number of carbonyl (C=O) groups is 1. The van der Waals surface area contributed by atoms with E-state index in [0.29, 0.717) is 23.0 Å². The number of thiophene rings is 1. The monoisotopic (exact) mass is 382 g/mol. The third-order valence-corrected chi connectivity index (χ3v) is 5.88. The van der Waals surface area contributed by atoms with Crippen molar-refractivity contribution < 1.29 is 9.32 Å². The Morgan fingerprint density at radius 3 is 2.70 bits per heavy atom. The van der Waals surface area contributed by atoms with Gasteiger partial charge in [-0.25, -0.2) is 0 Å². The van der Waals surface area contributed by atoms with Crippen LogP contribution in [-0.4, -0.2) is 16.0 Å². The van der Waals surface area contributed by atoms with Gasteiger partial charge in [-0.3, -0.25) is 4.79 Å². The summed E-state index contributed by atoms with van der Waals surface area (Å²) >= 11 is 1.40. The molecule has 0 bridgehead atoms. The van der Waals surface area contributed by atoms with E-state index in [1.54, 1.807) is 6.07 Å². The van der Waals surface area contributed by atoms with Crippen molar-refractivity contribution in [2.75, 3.05) is 0 Å². The Bertz CT molecular complexity index is 886. The largest absolute Gasteiger partial charge is 0.339 e. The molecule has 1 fully saturated rings. The molecular formula is C20H22N4O2S. The van der Waals surface area contributed by atoms with Crippen LogP contribution in [0.25, 0.3) is 0 Å². The molecule has 1 aliphatic carbocycles. The molecule has 140 valence electrons. The zero-order valence-corrected chi connectivity index (χ0v) is 15.7. The Balaban J connectivity index is 1.59. The molecule has 0 spiro atoms. The molecule has 0 radical (unpaired) electrons. The van der Waals surface area contributed by atoms with Gasteiger partial charge in [0.25, 0.3) is 5.91 Å². The summed E-state index contributed by atoms with van der Waals surface area (Å²) in [6.45, 7) is 0. The molecule has 2 heterocycles. The summed E-state index contributed by atoms with van der Waals surface area (Å²) in [7, 11) is 0. The maximum atomic E-state index is 12.6. The molecule has 3 aromatic rings. The fraction of sp³-hybridized carbons (Fsp3) is 0.350. The van der Waals surface area contributed by atoms with Gasteiger partial charge in [-0.05, 0) is 29.9 Å². The smallest absolute Gasteiger partial charge is 0.262 e. The first kappa shape index (κ1) is 17.9. The Kier molecular flexibility index (Phi) is 5.05. The molecule has 1 unspecified atom stereocenters. The highest BCUT2D eigenvalue weighted by Crippen LogP contribution is 2.35. The van der Waals surface area contributed by atoms with Crippen LogP contribution >= 0.6 is 11.3 Å². The minimum atomic E-state index is -0.517. The average molecular weight is 382 g/mol. The van der Waals surface area contributed by atoms with E-state index in [9.17, 15) is 4.79 Å². The number of nitrogens with two attached hydrogens (primary N) is 1. The lowest BCUT2D eigenvalue weighted by Gasteiger charge is -2.18. The minimum Gasteiger partial charge on any atom is -0.339 e. The maximum absolute atomic E-state index is 12.6. The fourth-order valence-corrected chi connectivity index (χ4v) is 4.12.